The number of rotatable bonds is 4. The number of hydrogen-bond acceptors (Lipinski definition) is 4. The molecule has 2 aliphatic rings. The zero-order valence-electron chi connectivity index (χ0n) is 11.9. The van der Waals surface area contributed by atoms with Crippen LogP contribution in [0.3, 0.4) is 0 Å². The van der Waals surface area contributed by atoms with E-state index in [4.69, 9.17) is 9.84 Å². The van der Waals surface area contributed by atoms with E-state index in [1.807, 2.05) is 0 Å². The summed E-state index contributed by atoms with van der Waals surface area (Å²) in [5.74, 6) is -0.425. The molecular formula is C13H19N3O5. The summed E-state index contributed by atoms with van der Waals surface area (Å²) in [6.45, 7) is 1.50. The lowest BCUT2D eigenvalue weighted by molar-refractivity contribution is -0.128. The predicted molar refractivity (Wildman–Crippen MR) is 72.4 cm³/mol. The number of likely N-dealkylation sites (N-methyl/N-ethyl adjacent to an activating group) is 1. The minimum Gasteiger partial charge on any atom is -0.465 e. The fraction of sp³-hybridized carbons (Fsp3) is 0.615. The Kier molecular flexibility index (Phi) is 4.79. The van der Waals surface area contributed by atoms with Crippen LogP contribution in [0.1, 0.15) is 12.8 Å². The molecule has 0 radical (unpaired) electrons. The lowest BCUT2D eigenvalue weighted by atomic mass is 10.2. The van der Waals surface area contributed by atoms with Gasteiger partial charge in [-0.15, -0.1) is 0 Å². The van der Waals surface area contributed by atoms with Gasteiger partial charge in [0, 0.05) is 26.6 Å². The molecule has 8 heteroatoms. The van der Waals surface area contributed by atoms with Crippen LogP contribution in [-0.4, -0.2) is 72.2 Å². The Bertz CT molecular complexity index is 476. The van der Waals surface area contributed by atoms with Gasteiger partial charge in [-0.3, -0.25) is 9.59 Å². The Labute approximate surface area is 122 Å². The summed E-state index contributed by atoms with van der Waals surface area (Å²) in [6, 6.07) is 0. The van der Waals surface area contributed by atoms with Crippen molar-refractivity contribution in [3.05, 3.63) is 11.8 Å². The third kappa shape index (κ3) is 3.94. The van der Waals surface area contributed by atoms with Gasteiger partial charge in [-0.2, -0.15) is 0 Å². The van der Waals surface area contributed by atoms with Crippen molar-refractivity contribution in [2.24, 2.45) is 0 Å². The number of nitrogens with one attached hydrogen (secondary N) is 1. The molecule has 1 saturated heterocycles. The predicted octanol–water partition coefficient (Wildman–Crippen LogP) is -0.382. The van der Waals surface area contributed by atoms with Crippen LogP contribution in [-0.2, 0) is 14.3 Å². The Hall–Kier alpha value is -2.09. The van der Waals surface area contributed by atoms with Crippen molar-refractivity contribution in [1.29, 1.82) is 0 Å². The first-order valence-electron chi connectivity index (χ1n) is 6.82. The van der Waals surface area contributed by atoms with E-state index < -0.39 is 6.09 Å². The Morgan fingerprint density at radius 1 is 1.57 bits per heavy atom. The first-order chi connectivity index (χ1) is 9.97. The minimum atomic E-state index is -0.952. The Morgan fingerprint density at radius 2 is 2.33 bits per heavy atom. The molecule has 0 aromatic carbocycles. The van der Waals surface area contributed by atoms with Crippen molar-refractivity contribution in [1.82, 2.24) is 15.1 Å². The van der Waals surface area contributed by atoms with Crippen LogP contribution in [0.2, 0.25) is 0 Å². The van der Waals surface area contributed by atoms with Crippen molar-refractivity contribution >= 4 is 17.9 Å². The maximum absolute atomic E-state index is 12.0. The van der Waals surface area contributed by atoms with Crippen molar-refractivity contribution in [3.8, 4) is 0 Å². The van der Waals surface area contributed by atoms with Crippen LogP contribution in [0, 0.1) is 0 Å². The van der Waals surface area contributed by atoms with Crippen LogP contribution in [0.4, 0.5) is 4.79 Å². The van der Waals surface area contributed by atoms with Crippen molar-refractivity contribution in [2.75, 3.05) is 33.3 Å². The normalized spacial score (nSPS) is 21.8. The lowest BCUT2D eigenvalue weighted by Gasteiger charge is -2.32. The minimum absolute atomic E-state index is 0.181. The number of ether oxygens (including phenoxy) is 1. The molecular weight excluding hydrogens is 278 g/mol. The number of carbonyl (C=O) groups excluding carboxylic acids is 2. The van der Waals surface area contributed by atoms with Crippen LogP contribution in [0.25, 0.3) is 0 Å². The molecule has 0 bridgehead atoms. The highest BCUT2D eigenvalue weighted by atomic mass is 16.5. The Balaban J connectivity index is 1.78. The van der Waals surface area contributed by atoms with E-state index in [2.05, 4.69) is 5.32 Å². The van der Waals surface area contributed by atoms with E-state index in [-0.39, 0.29) is 24.3 Å². The smallest absolute Gasteiger partial charge is 0.407 e. The van der Waals surface area contributed by atoms with Gasteiger partial charge >= 0.3 is 6.09 Å². The number of nitrogens with zero attached hydrogens (tertiary/aromatic N) is 2. The fourth-order valence-electron chi connectivity index (χ4n) is 2.30. The van der Waals surface area contributed by atoms with Crippen LogP contribution in [0.5, 0.6) is 0 Å². The van der Waals surface area contributed by atoms with E-state index >= 15 is 0 Å². The fourth-order valence-corrected chi connectivity index (χ4v) is 2.30. The second kappa shape index (κ2) is 6.57. The number of amides is 3. The third-order valence-electron chi connectivity index (χ3n) is 3.54. The van der Waals surface area contributed by atoms with Gasteiger partial charge in [-0.1, -0.05) is 0 Å². The summed E-state index contributed by atoms with van der Waals surface area (Å²) < 4.78 is 5.50. The first-order valence-corrected chi connectivity index (χ1v) is 6.82. The first kappa shape index (κ1) is 15.3. The zero-order valence-corrected chi connectivity index (χ0v) is 11.9. The molecule has 21 heavy (non-hydrogen) atoms. The molecule has 2 heterocycles. The topological polar surface area (TPSA) is 99.2 Å². The molecule has 8 nitrogen and oxygen atoms in total. The summed E-state index contributed by atoms with van der Waals surface area (Å²) >= 11 is 0. The molecule has 1 unspecified atom stereocenters. The number of carboxylic acid groups (broad SMARTS) is 1. The van der Waals surface area contributed by atoms with Crippen molar-refractivity contribution in [2.45, 2.75) is 18.9 Å². The standard InChI is InChI=1S/C13H19N3O5/c1-15(12(18)10-2-3-11(17)14-10)5-4-9-8-16(13(19)20)6-7-21-9/h2,9H,3-8H2,1H3,(H,14,17)(H,19,20). The summed E-state index contributed by atoms with van der Waals surface area (Å²) in [4.78, 5) is 36.8. The van der Waals surface area contributed by atoms with Gasteiger partial charge < -0.3 is 25.0 Å². The summed E-state index contributed by atoms with van der Waals surface area (Å²) in [5, 5.41) is 11.5. The number of morpholine rings is 1. The maximum Gasteiger partial charge on any atom is 0.407 e. The zero-order chi connectivity index (χ0) is 15.4. The largest absolute Gasteiger partial charge is 0.465 e. The number of hydrogen-bond donors (Lipinski definition) is 2. The average Bonchev–Trinajstić information content (AvgIpc) is 2.90. The van der Waals surface area contributed by atoms with E-state index in [1.165, 1.54) is 9.80 Å². The van der Waals surface area contributed by atoms with E-state index in [0.717, 1.165) is 0 Å². The van der Waals surface area contributed by atoms with Gasteiger partial charge in [0.1, 0.15) is 5.70 Å². The van der Waals surface area contributed by atoms with E-state index in [9.17, 15) is 14.4 Å². The van der Waals surface area contributed by atoms with Crippen molar-refractivity contribution < 1.29 is 24.2 Å². The summed E-state index contributed by atoms with van der Waals surface area (Å²) in [5.41, 5.74) is 0.305. The molecule has 0 saturated carbocycles. The average molecular weight is 297 g/mol. The molecule has 0 aliphatic carbocycles. The van der Waals surface area contributed by atoms with Crippen LogP contribution < -0.4 is 5.32 Å². The van der Waals surface area contributed by atoms with E-state index in [0.29, 0.717) is 38.4 Å². The molecule has 116 valence electrons. The third-order valence-corrected chi connectivity index (χ3v) is 3.54. The highest BCUT2D eigenvalue weighted by Crippen LogP contribution is 2.11. The van der Waals surface area contributed by atoms with Crippen LogP contribution in [0.15, 0.2) is 11.8 Å². The maximum atomic E-state index is 12.0. The molecule has 3 amide bonds. The van der Waals surface area contributed by atoms with Crippen molar-refractivity contribution in [3.63, 3.8) is 0 Å². The molecule has 1 atom stereocenters. The van der Waals surface area contributed by atoms with Gasteiger partial charge in [0.15, 0.2) is 0 Å². The molecule has 1 fully saturated rings. The quantitative estimate of drug-likeness (QED) is 0.737. The second-order valence-electron chi connectivity index (χ2n) is 5.11. The number of carbonyl (C=O) groups is 3. The molecule has 2 aliphatic heterocycles. The van der Waals surface area contributed by atoms with Crippen LogP contribution >= 0.6 is 0 Å². The van der Waals surface area contributed by atoms with E-state index in [1.54, 1.807) is 13.1 Å². The highest BCUT2D eigenvalue weighted by molar-refractivity contribution is 6.00. The second-order valence-corrected chi connectivity index (χ2v) is 5.11. The highest BCUT2D eigenvalue weighted by Gasteiger charge is 2.25. The monoisotopic (exact) mass is 297 g/mol. The molecule has 2 rings (SSSR count). The van der Waals surface area contributed by atoms with Gasteiger partial charge in [-0.25, -0.2) is 4.79 Å². The molecule has 0 aromatic heterocycles. The summed E-state index contributed by atoms with van der Waals surface area (Å²) in [7, 11) is 1.64. The molecule has 0 aromatic rings. The Morgan fingerprint density at radius 3 is 2.95 bits per heavy atom. The van der Waals surface area contributed by atoms with Gasteiger partial charge in [0.25, 0.3) is 5.91 Å². The lowest BCUT2D eigenvalue weighted by Crippen LogP contribution is -2.46. The molecule has 2 N–H and O–H groups in total. The SMILES string of the molecule is CN(CCC1CN(C(=O)O)CCO1)C(=O)C1=CCC(=O)N1. The van der Waals surface area contributed by atoms with Gasteiger partial charge in [0.2, 0.25) is 5.91 Å². The van der Waals surface area contributed by atoms with Gasteiger partial charge in [-0.05, 0) is 12.5 Å². The van der Waals surface area contributed by atoms with Gasteiger partial charge in [0.05, 0.1) is 19.3 Å². The molecule has 0 spiro atoms. The summed E-state index contributed by atoms with van der Waals surface area (Å²) in [6.07, 6.45) is 1.19.